The molecule has 0 saturated carbocycles. The van der Waals surface area contributed by atoms with E-state index >= 15 is 0 Å². The molecule has 1 heterocycles. The van der Waals surface area contributed by atoms with E-state index in [9.17, 15) is 4.79 Å². The van der Waals surface area contributed by atoms with Gasteiger partial charge in [0, 0.05) is 24.8 Å². The highest BCUT2D eigenvalue weighted by molar-refractivity contribution is 5.93. The molecule has 4 nitrogen and oxygen atoms in total. The van der Waals surface area contributed by atoms with Gasteiger partial charge >= 0.3 is 0 Å². The highest BCUT2D eigenvalue weighted by Crippen LogP contribution is 2.22. The van der Waals surface area contributed by atoms with Gasteiger partial charge in [-0.05, 0) is 44.2 Å². The van der Waals surface area contributed by atoms with E-state index in [2.05, 4.69) is 36.2 Å². The van der Waals surface area contributed by atoms with Crippen LogP contribution >= 0.6 is 0 Å². The number of nitrogens with one attached hydrogen (secondary N) is 1. The summed E-state index contributed by atoms with van der Waals surface area (Å²) in [5, 5.41) is 3.07. The summed E-state index contributed by atoms with van der Waals surface area (Å²) in [6.45, 7) is 10.6. The molecule has 2 atom stereocenters. The Morgan fingerprint density at radius 3 is 2.52 bits per heavy atom. The van der Waals surface area contributed by atoms with E-state index < -0.39 is 0 Å². The first-order chi connectivity index (χ1) is 9.86. The maximum atomic E-state index is 12.3. The van der Waals surface area contributed by atoms with Crippen LogP contribution in [0.5, 0.6) is 0 Å². The highest BCUT2D eigenvalue weighted by atomic mass is 16.2. The Morgan fingerprint density at radius 2 is 1.95 bits per heavy atom. The summed E-state index contributed by atoms with van der Waals surface area (Å²) in [6.07, 6.45) is 0.969. The van der Waals surface area contributed by atoms with Crippen LogP contribution in [-0.4, -0.2) is 36.5 Å². The van der Waals surface area contributed by atoms with Crippen LogP contribution < -0.4 is 11.1 Å². The van der Waals surface area contributed by atoms with Crippen LogP contribution in [0.2, 0.25) is 0 Å². The molecule has 21 heavy (non-hydrogen) atoms. The van der Waals surface area contributed by atoms with E-state index in [-0.39, 0.29) is 11.9 Å². The lowest BCUT2D eigenvalue weighted by molar-refractivity contribution is -0.117. The Labute approximate surface area is 127 Å². The molecule has 1 aliphatic rings. The number of hydrogen-bond donors (Lipinski definition) is 2. The van der Waals surface area contributed by atoms with Gasteiger partial charge in [0.2, 0.25) is 5.91 Å². The fraction of sp³-hybridized carbons (Fsp3) is 0.588. The van der Waals surface area contributed by atoms with Crippen molar-refractivity contribution < 1.29 is 4.79 Å². The number of carbonyl (C=O) groups is 1. The normalized spacial score (nSPS) is 23.1. The number of amides is 1. The average Bonchev–Trinajstić information content (AvgIpc) is 2.38. The molecule has 1 fully saturated rings. The Hall–Kier alpha value is -1.39. The van der Waals surface area contributed by atoms with Crippen molar-refractivity contribution in [3.8, 4) is 0 Å². The second kappa shape index (κ2) is 6.58. The lowest BCUT2D eigenvalue weighted by Crippen LogP contribution is -2.48. The van der Waals surface area contributed by atoms with Crippen molar-refractivity contribution in [2.75, 3.05) is 25.0 Å². The van der Waals surface area contributed by atoms with Crippen molar-refractivity contribution in [3.05, 3.63) is 28.8 Å². The van der Waals surface area contributed by atoms with Crippen LogP contribution in [-0.2, 0) is 4.79 Å². The van der Waals surface area contributed by atoms with Gasteiger partial charge in [0.15, 0.2) is 0 Å². The Kier molecular flexibility index (Phi) is 5.01. The Bertz CT molecular complexity index is 504. The predicted molar refractivity (Wildman–Crippen MR) is 87.5 cm³/mol. The Morgan fingerprint density at radius 1 is 1.33 bits per heavy atom. The monoisotopic (exact) mass is 289 g/mol. The van der Waals surface area contributed by atoms with Crippen molar-refractivity contribution in [1.82, 2.24) is 4.90 Å². The number of nitrogens with two attached hydrogens (primary N) is 1. The molecule has 1 aliphatic heterocycles. The van der Waals surface area contributed by atoms with Crippen molar-refractivity contribution in [1.29, 1.82) is 0 Å². The summed E-state index contributed by atoms with van der Waals surface area (Å²) in [5.41, 5.74) is 10.4. The maximum absolute atomic E-state index is 12.3. The molecule has 0 aromatic heterocycles. The van der Waals surface area contributed by atoms with Crippen molar-refractivity contribution >= 4 is 11.6 Å². The molecule has 2 rings (SSSR count). The number of piperidine rings is 1. The maximum Gasteiger partial charge on any atom is 0.238 e. The van der Waals surface area contributed by atoms with E-state index in [1.165, 1.54) is 5.56 Å². The summed E-state index contributed by atoms with van der Waals surface area (Å²) >= 11 is 0. The second-order valence-electron chi connectivity index (χ2n) is 6.49. The zero-order valence-electron chi connectivity index (χ0n) is 13.6. The summed E-state index contributed by atoms with van der Waals surface area (Å²) in [5.74, 6) is 0.516. The van der Waals surface area contributed by atoms with Gasteiger partial charge < -0.3 is 11.1 Å². The summed E-state index contributed by atoms with van der Waals surface area (Å²) in [4.78, 5) is 14.5. The number of anilines is 1. The minimum atomic E-state index is 0.0627. The van der Waals surface area contributed by atoms with Crippen molar-refractivity contribution in [2.45, 2.75) is 40.2 Å². The van der Waals surface area contributed by atoms with Crippen LogP contribution in [0.25, 0.3) is 0 Å². The van der Waals surface area contributed by atoms with Crippen LogP contribution in [0.4, 0.5) is 5.69 Å². The summed E-state index contributed by atoms with van der Waals surface area (Å²) in [6, 6.07) is 4.47. The lowest BCUT2D eigenvalue weighted by Gasteiger charge is -2.34. The zero-order valence-corrected chi connectivity index (χ0v) is 13.6. The van der Waals surface area contributed by atoms with Gasteiger partial charge in [0.25, 0.3) is 0 Å². The molecule has 4 heteroatoms. The number of rotatable bonds is 3. The van der Waals surface area contributed by atoms with Gasteiger partial charge in [-0.2, -0.15) is 0 Å². The van der Waals surface area contributed by atoms with E-state index in [1.54, 1.807) is 0 Å². The van der Waals surface area contributed by atoms with E-state index in [0.717, 1.165) is 36.3 Å². The van der Waals surface area contributed by atoms with Crippen molar-refractivity contribution in [3.63, 3.8) is 0 Å². The molecule has 0 bridgehead atoms. The molecule has 1 saturated heterocycles. The van der Waals surface area contributed by atoms with Crippen LogP contribution in [0, 0.1) is 26.7 Å². The van der Waals surface area contributed by atoms with E-state index in [0.29, 0.717) is 12.5 Å². The first-order valence-corrected chi connectivity index (χ1v) is 7.72. The van der Waals surface area contributed by atoms with Crippen LogP contribution in [0.3, 0.4) is 0 Å². The largest absolute Gasteiger partial charge is 0.327 e. The van der Waals surface area contributed by atoms with Gasteiger partial charge in [-0.1, -0.05) is 24.6 Å². The SMILES string of the molecule is Cc1cc(C)c(NC(=O)CN2CCC(N)C(C)C2)c(C)c1. The third-order valence-electron chi connectivity index (χ3n) is 4.36. The topological polar surface area (TPSA) is 58.4 Å². The van der Waals surface area contributed by atoms with E-state index in [4.69, 9.17) is 5.73 Å². The number of carbonyl (C=O) groups excluding carboxylic acids is 1. The summed E-state index contributed by atoms with van der Waals surface area (Å²) in [7, 11) is 0. The molecule has 2 unspecified atom stereocenters. The second-order valence-corrected chi connectivity index (χ2v) is 6.49. The van der Waals surface area contributed by atoms with E-state index in [1.807, 2.05) is 13.8 Å². The number of aryl methyl sites for hydroxylation is 3. The van der Waals surface area contributed by atoms with Gasteiger partial charge in [-0.25, -0.2) is 0 Å². The van der Waals surface area contributed by atoms with Crippen molar-refractivity contribution in [2.24, 2.45) is 11.7 Å². The fourth-order valence-electron chi connectivity index (χ4n) is 3.15. The quantitative estimate of drug-likeness (QED) is 0.897. The number of benzene rings is 1. The van der Waals surface area contributed by atoms with Gasteiger partial charge in [-0.3, -0.25) is 9.69 Å². The molecule has 0 aliphatic carbocycles. The number of hydrogen-bond acceptors (Lipinski definition) is 3. The average molecular weight is 289 g/mol. The third kappa shape index (κ3) is 4.05. The molecule has 1 aromatic rings. The molecular weight excluding hydrogens is 262 g/mol. The first-order valence-electron chi connectivity index (χ1n) is 7.72. The molecule has 1 aromatic carbocycles. The number of nitrogens with zero attached hydrogens (tertiary/aromatic N) is 1. The minimum Gasteiger partial charge on any atom is -0.327 e. The predicted octanol–water partition coefficient (Wildman–Crippen LogP) is 2.22. The lowest BCUT2D eigenvalue weighted by atomic mass is 9.95. The Balaban J connectivity index is 1.96. The van der Waals surface area contributed by atoms with Gasteiger partial charge in [0.05, 0.1) is 6.54 Å². The van der Waals surface area contributed by atoms with Gasteiger partial charge in [-0.15, -0.1) is 0 Å². The molecule has 3 N–H and O–H groups in total. The first kappa shape index (κ1) is 16.0. The molecule has 116 valence electrons. The third-order valence-corrected chi connectivity index (χ3v) is 4.36. The zero-order chi connectivity index (χ0) is 15.6. The minimum absolute atomic E-state index is 0.0627. The standard InChI is InChI=1S/C17H27N3O/c1-11-7-12(2)17(13(3)8-11)19-16(21)10-20-6-5-15(18)14(4)9-20/h7-8,14-15H,5-6,9-10,18H2,1-4H3,(H,19,21). The molecule has 0 spiro atoms. The number of likely N-dealkylation sites (tertiary alicyclic amines) is 1. The molecular formula is C17H27N3O. The summed E-state index contributed by atoms with van der Waals surface area (Å²) < 4.78 is 0. The highest BCUT2D eigenvalue weighted by Gasteiger charge is 2.24. The molecule has 1 amide bonds. The smallest absolute Gasteiger partial charge is 0.238 e. The fourth-order valence-corrected chi connectivity index (χ4v) is 3.15. The van der Waals surface area contributed by atoms with Crippen LogP contribution in [0.15, 0.2) is 12.1 Å². The van der Waals surface area contributed by atoms with Gasteiger partial charge in [0.1, 0.15) is 0 Å². The molecule has 0 radical (unpaired) electrons. The van der Waals surface area contributed by atoms with Crippen LogP contribution in [0.1, 0.15) is 30.0 Å².